The molecule has 0 radical (unpaired) electrons. The molecule has 17 heavy (non-hydrogen) atoms. The number of hydrogen-bond donors (Lipinski definition) is 2. The summed E-state index contributed by atoms with van der Waals surface area (Å²) in [5.41, 5.74) is 7.53. The van der Waals surface area contributed by atoms with Crippen LogP contribution >= 0.6 is 0 Å². The summed E-state index contributed by atoms with van der Waals surface area (Å²) in [6.45, 7) is 3.79. The smallest absolute Gasteiger partial charge is 0.125 e. The van der Waals surface area contributed by atoms with Gasteiger partial charge < -0.3 is 20.3 Å². The predicted molar refractivity (Wildman–Crippen MR) is 65.4 cm³/mol. The SMILES string of the molecule is COc1cc2c(cc1C(O)C(C)N)OC(C)C2. The summed E-state index contributed by atoms with van der Waals surface area (Å²) in [5, 5.41) is 10.0. The summed E-state index contributed by atoms with van der Waals surface area (Å²) >= 11 is 0. The van der Waals surface area contributed by atoms with Crippen molar-refractivity contribution in [2.24, 2.45) is 5.73 Å². The van der Waals surface area contributed by atoms with E-state index in [0.717, 1.165) is 17.7 Å². The van der Waals surface area contributed by atoms with Gasteiger partial charge in [-0.15, -0.1) is 0 Å². The van der Waals surface area contributed by atoms with Crippen molar-refractivity contribution in [2.45, 2.75) is 38.5 Å². The van der Waals surface area contributed by atoms with Crippen molar-refractivity contribution in [1.29, 1.82) is 0 Å². The molecule has 1 aliphatic heterocycles. The zero-order valence-electron chi connectivity index (χ0n) is 10.4. The van der Waals surface area contributed by atoms with Crippen LogP contribution in [0.15, 0.2) is 12.1 Å². The molecule has 4 heteroatoms. The van der Waals surface area contributed by atoms with Gasteiger partial charge >= 0.3 is 0 Å². The summed E-state index contributed by atoms with van der Waals surface area (Å²) in [6, 6.07) is 3.42. The summed E-state index contributed by atoms with van der Waals surface area (Å²) in [6.07, 6.45) is 0.312. The number of aliphatic hydroxyl groups excluding tert-OH is 1. The minimum Gasteiger partial charge on any atom is -0.496 e. The normalized spacial score (nSPS) is 21.6. The molecule has 94 valence electrons. The lowest BCUT2D eigenvalue weighted by Gasteiger charge is -2.18. The van der Waals surface area contributed by atoms with Gasteiger partial charge in [-0.05, 0) is 26.0 Å². The van der Waals surface area contributed by atoms with E-state index < -0.39 is 6.10 Å². The number of benzene rings is 1. The first-order valence-electron chi connectivity index (χ1n) is 5.84. The Hall–Kier alpha value is -1.26. The average molecular weight is 237 g/mol. The third kappa shape index (κ3) is 2.23. The molecule has 1 aromatic carbocycles. The molecule has 0 aromatic heterocycles. The van der Waals surface area contributed by atoms with Gasteiger partial charge in [-0.3, -0.25) is 0 Å². The molecule has 0 amide bonds. The highest BCUT2D eigenvalue weighted by Gasteiger charge is 2.25. The molecule has 1 aromatic rings. The molecular weight excluding hydrogens is 218 g/mol. The van der Waals surface area contributed by atoms with E-state index in [1.807, 2.05) is 19.1 Å². The number of methoxy groups -OCH3 is 1. The molecule has 3 unspecified atom stereocenters. The summed E-state index contributed by atoms with van der Waals surface area (Å²) in [7, 11) is 1.60. The Labute approximate surface area is 101 Å². The second-order valence-corrected chi connectivity index (χ2v) is 4.64. The molecule has 0 fully saturated rings. The molecule has 0 saturated heterocycles. The van der Waals surface area contributed by atoms with Crippen LogP contribution in [-0.4, -0.2) is 24.4 Å². The van der Waals surface area contributed by atoms with Crippen LogP contribution < -0.4 is 15.2 Å². The zero-order valence-corrected chi connectivity index (χ0v) is 10.4. The molecule has 0 saturated carbocycles. The van der Waals surface area contributed by atoms with E-state index in [0.29, 0.717) is 11.3 Å². The van der Waals surface area contributed by atoms with E-state index in [1.54, 1.807) is 14.0 Å². The highest BCUT2D eigenvalue weighted by molar-refractivity contribution is 5.49. The maximum absolute atomic E-state index is 10.0. The van der Waals surface area contributed by atoms with Crippen molar-refractivity contribution in [3.63, 3.8) is 0 Å². The third-order valence-corrected chi connectivity index (χ3v) is 3.07. The van der Waals surface area contributed by atoms with Gasteiger partial charge in [0.05, 0.1) is 13.2 Å². The quantitative estimate of drug-likeness (QED) is 0.834. The lowest BCUT2D eigenvalue weighted by atomic mass is 9.99. The number of hydrogen-bond acceptors (Lipinski definition) is 4. The van der Waals surface area contributed by atoms with E-state index in [2.05, 4.69) is 0 Å². The molecule has 1 aliphatic rings. The fourth-order valence-corrected chi connectivity index (χ4v) is 2.15. The van der Waals surface area contributed by atoms with Crippen molar-refractivity contribution in [3.8, 4) is 11.5 Å². The van der Waals surface area contributed by atoms with E-state index in [4.69, 9.17) is 15.2 Å². The van der Waals surface area contributed by atoms with Crippen molar-refractivity contribution in [2.75, 3.05) is 7.11 Å². The molecule has 0 spiro atoms. The molecule has 0 aliphatic carbocycles. The largest absolute Gasteiger partial charge is 0.496 e. The van der Waals surface area contributed by atoms with E-state index in [9.17, 15) is 5.11 Å². The number of nitrogens with two attached hydrogens (primary N) is 1. The molecule has 2 rings (SSSR count). The van der Waals surface area contributed by atoms with Crippen LogP contribution in [0.25, 0.3) is 0 Å². The van der Waals surface area contributed by atoms with Crippen molar-refractivity contribution in [3.05, 3.63) is 23.3 Å². The van der Waals surface area contributed by atoms with Gasteiger partial charge in [0, 0.05) is 23.6 Å². The second kappa shape index (κ2) is 4.55. The Morgan fingerprint density at radius 2 is 2.24 bits per heavy atom. The molecule has 3 atom stereocenters. The number of rotatable bonds is 3. The Morgan fingerprint density at radius 1 is 1.53 bits per heavy atom. The van der Waals surface area contributed by atoms with E-state index in [1.165, 1.54) is 0 Å². The summed E-state index contributed by atoms with van der Waals surface area (Å²) < 4.78 is 11.0. The molecule has 4 nitrogen and oxygen atoms in total. The second-order valence-electron chi connectivity index (χ2n) is 4.64. The van der Waals surface area contributed by atoms with Crippen LogP contribution in [0.2, 0.25) is 0 Å². The standard InChI is InChI=1S/C13H19NO3/c1-7-4-9-5-12(16-3)10(6-11(9)17-7)13(15)8(2)14/h5-8,13,15H,4,14H2,1-3H3. The highest BCUT2D eigenvalue weighted by atomic mass is 16.5. The predicted octanol–water partition coefficient (Wildman–Crippen LogP) is 1.40. The van der Waals surface area contributed by atoms with E-state index >= 15 is 0 Å². The van der Waals surface area contributed by atoms with Gasteiger partial charge in [-0.1, -0.05) is 0 Å². The minimum atomic E-state index is -0.741. The van der Waals surface area contributed by atoms with Crippen LogP contribution in [0.3, 0.4) is 0 Å². The van der Waals surface area contributed by atoms with Gasteiger partial charge in [0.15, 0.2) is 0 Å². The Morgan fingerprint density at radius 3 is 2.82 bits per heavy atom. The van der Waals surface area contributed by atoms with Crippen molar-refractivity contribution in [1.82, 2.24) is 0 Å². The molecule has 1 heterocycles. The van der Waals surface area contributed by atoms with Crippen molar-refractivity contribution < 1.29 is 14.6 Å². The maximum atomic E-state index is 10.0. The monoisotopic (exact) mass is 237 g/mol. The van der Waals surface area contributed by atoms with E-state index in [-0.39, 0.29) is 12.1 Å². The maximum Gasteiger partial charge on any atom is 0.125 e. The molecule has 0 bridgehead atoms. The van der Waals surface area contributed by atoms with Gasteiger partial charge in [0.1, 0.15) is 17.6 Å². The molecular formula is C13H19NO3. The fraction of sp³-hybridized carbons (Fsp3) is 0.538. The van der Waals surface area contributed by atoms with Gasteiger partial charge in [0.2, 0.25) is 0 Å². The lowest BCUT2D eigenvalue weighted by molar-refractivity contribution is 0.149. The zero-order chi connectivity index (χ0) is 12.6. The number of fused-ring (bicyclic) bond motifs is 1. The minimum absolute atomic E-state index is 0.178. The Balaban J connectivity index is 2.42. The summed E-state index contributed by atoms with van der Waals surface area (Å²) in [5.74, 6) is 1.50. The first-order valence-corrected chi connectivity index (χ1v) is 5.84. The van der Waals surface area contributed by atoms with Gasteiger partial charge in [0.25, 0.3) is 0 Å². The van der Waals surface area contributed by atoms with Crippen LogP contribution in [-0.2, 0) is 6.42 Å². The Kier molecular flexibility index (Phi) is 3.26. The lowest BCUT2D eigenvalue weighted by Crippen LogP contribution is -2.24. The molecule has 3 N–H and O–H groups in total. The average Bonchev–Trinajstić information content (AvgIpc) is 2.65. The number of aliphatic hydroxyl groups is 1. The van der Waals surface area contributed by atoms with Crippen LogP contribution in [0.1, 0.15) is 31.1 Å². The first kappa shape index (κ1) is 12.2. The number of ether oxygens (including phenoxy) is 2. The Bertz CT molecular complexity index is 417. The van der Waals surface area contributed by atoms with Crippen LogP contribution in [0.5, 0.6) is 11.5 Å². The first-order chi connectivity index (χ1) is 8.02. The fourth-order valence-electron chi connectivity index (χ4n) is 2.15. The topological polar surface area (TPSA) is 64.7 Å². The van der Waals surface area contributed by atoms with Crippen molar-refractivity contribution >= 4 is 0 Å². The highest BCUT2D eigenvalue weighted by Crippen LogP contribution is 2.37. The van der Waals surface area contributed by atoms with Crippen LogP contribution in [0, 0.1) is 0 Å². The van der Waals surface area contributed by atoms with Gasteiger partial charge in [-0.25, -0.2) is 0 Å². The third-order valence-electron chi connectivity index (χ3n) is 3.07. The van der Waals surface area contributed by atoms with Crippen LogP contribution in [0.4, 0.5) is 0 Å². The summed E-state index contributed by atoms with van der Waals surface area (Å²) in [4.78, 5) is 0. The van der Waals surface area contributed by atoms with Gasteiger partial charge in [-0.2, -0.15) is 0 Å².